The van der Waals surface area contributed by atoms with Crippen molar-refractivity contribution in [3.8, 4) is 0 Å². The van der Waals surface area contributed by atoms with Gasteiger partial charge in [-0.1, -0.05) is 32.5 Å². The number of hydrogen-bond acceptors (Lipinski definition) is 2. The Balaban J connectivity index is 2.57. The monoisotopic (exact) mass is 250 g/mol. The van der Waals surface area contributed by atoms with Crippen LogP contribution in [0.15, 0.2) is 24.3 Å². The summed E-state index contributed by atoms with van der Waals surface area (Å²) >= 11 is 4.86. The molecule has 17 heavy (non-hydrogen) atoms. The van der Waals surface area contributed by atoms with Crippen molar-refractivity contribution in [3.63, 3.8) is 0 Å². The van der Waals surface area contributed by atoms with E-state index in [0.29, 0.717) is 17.3 Å². The predicted molar refractivity (Wildman–Crippen MR) is 75.0 cm³/mol. The number of rotatable bonds is 5. The first kappa shape index (κ1) is 13.6. The van der Waals surface area contributed by atoms with E-state index in [-0.39, 0.29) is 5.91 Å². The molecule has 1 aromatic rings. The molecule has 0 bridgehead atoms. The SMILES string of the molecule is CCC(C)CC(=O)Nc1ccc(C(N)=S)cc1. The summed E-state index contributed by atoms with van der Waals surface area (Å²) in [5.41, 5.74) is 7.07. The summed E-state index contributed by atoms with van der Waals surface area (Å²) in [5.74, 6) is 0.452. The van der Waals surface area contributed by atoms with Crippen LogP contribution in [0.5, 0.6) is 0 Å². The van der Waals surface area contributed by atoms with Gasteiger partial charge in [0.25, 0.3) is 0 Å². The summed E-state index contributed by atoms with van der Waals surface area (Å²) in [5, 5.41) is 2.85. The largest absolute Gasteiger partial charge is 0.389 e. The molecule has 0 aromatic heterocycles. The highest BCUT2D eigenvalue weighted by Crippen LogP contribution is 2.12. The second-order valence-electron chi connectivity index (χ2n) is 4.21. The van der Waals surface area contributed by atoms with Crippen molar-refractivity contribution >= 4 is 28.8 Å². The van der Waals surface area contributed by atoms with Gasteiger partial charge in [-0.25, -0.2) is 0 Å². The van der Waals surface area contributed by atoms with E-state index < -0.39 is 0 Å². The zero-order valence-corrected chi connectivity index (χ0v) is 11.0. The Hall–Kier alpha value is -1.42. The lowest BCUT2D eigenvalue weighted by atomic mass is 10.0. The Kier molecular flexibility index (Phi) is 5.10. The molecule has 0 aliphatic carbocycles. The average molecular weight is 250 g/mol. The van der Waals surface area contributed by atoms with Crippen LogP contribution in [0.2, 0.25) is 0 Å². The summed E-state index contributed by atoms with van der Waals surface area (Å²) in [6.07, 6.45) is 1.56. The second-order valence-corrected chi connectivity index (χ2v) is 4.65. The molecule has 0 radical (unpaired) electrons. The third kappa shape index (κ3) is 4.53. The van der Waals surface area contributed by atoms with Gasteiger partial charge in [-0.2, -0.15) is 0 Å². The highest BCUT2D eigenvalue weighted by molar-refractivity contribution is 7.80. The van der Waals surface area contributed by atoms with Gasteiger partial charge in [0, 0.05) is 17.7 Å². The molecule has 1 amide bonds. The minimum absolute atomic E-state index is 0.0439. The first-order valence-corrected chi connectivity index (χ1v) is 6.13. The molecule has 0 saturated heterocycles. The number of thiocarbonyl (C=S) groups is 1. The van der Waals surface area contributed by atoms with E-state index in [2.05, 4.69) is 19.2 Å². The lowest BCUT2D eigenvalue weighted by Crippen LogP contribution is -2.15. The van der Waals surface area contributed by atoms with Gasteiger partial charge in [0.2, 0.25) is 5.91 Å². The van der Waals surface area contributed by atoms with Gasteiger partial charge in [0.15, 0.2) is 0 Å². The Morgan fingerprint density at radius 2 is 2.00 bits per heavy atom. The molecule has 1 rings (SSSR count). The molecule has 92 valence electrons. The maximum absolute atomic E-state index is 11.6. The number of carbonyl (C=O) groups excluding carboxylic acids is 1. The molecule has 1 unspecified atom stereocenters. The smallest absolute Gasteiger partial charge is 0.224 e. The minimum Gasteiger partial charge on any atom is -0.389 e. The zero-order chi connectivity index (χ0) is 12.8. The van der Waals surface area contributed by atoms with E-state index in [1.165, 1.54) is 0 Å². The van der Waals surface area contributed by atoms with Crippen molar-refractivity contribution in [1.82, 2.24) is 0 Å². The van der Waals surface area contributed by atoms with Gasteiger partial charge in [0.1, 0.15) is 4.99 Å². The molecule has 0 spiro atoms. The van der Waals surface area contributed by atoms with Gasteiger partial charge < -0.3 is 11.1 Å². The maximum Gasteiger partial charge on any atom is 0.224 e. The number of carbonyl (C=O) groups is 1. The van der Waals surface area contributed by atoms with E-state index in [1.54, 1.807) is 12.1 Å². The number of nitrogens with one attached hydrogen (secondary N) is 1. The molecule has 1 atom stereocenters. The maximum atomic E-state index is 11.6. The second kappa shape index (κ2) is 6.35. The van der Waals surface area contributed by atoms with Crippen LogP contribution in [0.25, 0.3) is 0 Å². The van der Waals surface area contributed by atoms with Crippen LogP contribution in [0.4, 0.5) is 5.69 Å². The van der Waals surface area contributed by atoms with Crippen LogP contribution in [-0.2, 0) is 4.79 Å². The van der Waals surface area contributed by atoms with Gasteiger partial charge in [-0.15, -0.1) is 0 Å². The number of anilines is 1. The van der Waals surface area contributed by atoms with Gasteiger partial charge >= 0.3 is 0 Å². The van der Waals surface area contributed by atoms with Gasteiger partial charge in [-0.3, -0.25) is 4.79 Å². The zero-order valence-electron chi connectivity index (χ0n) is 10.2. The van der Waals surface area contributed by atoms with Gasteiger partial charge in [-0.05, 0) is 30.2 Å². The third-order valence-electron chi connectivity index (χ3n) is 2.68. The van der Waals surface area contributed by atoms with Crippen molar-refractivity contribution in [1.29, 1.82) is 0 Å². The summed E-state index contributed by atoms with van der Waals surface area (Å²) in [6.45, 7) is 4.14. The van der Waals surface area contributed by atoms with E-state index in [0.717, 1.165) is 17.7 Å². The molecule has 3 nitrogen and oxygen atoms in total. The number of hydrogen-bond donors (Lipinski definition) is 2. The fraction of sp³-hybridized carbons (Fsp3) is 0.385. The fourth-order valence-electron chi connectivity index (χ4n) is 1.39. The summed E-state index contributed by atoms with van der Waals surface area (Å²) < 4.78 is 0. The Bertz CT molecular complexity index is 400. The topological polar surface area (TPSA) is 55.1 Å². The van der Waals surface area contributed by atoms with Crippen LogP contribution >= 0.6 is 12.2 Å². The molecule has 1 aromatic carbocycles. The minimum atomic E-state index is 0.0439. The van der Waals surface area contributed by atoms with E-state index in [9.17, 15) is 4.79 Å². The van der Waals surface area contributed by atoms with Crippen LogP contribution in [-0.4, -0.2) is 10.9 Å². The Labute approximate surface area is 107 Å². The fourth-order valence-corrected chi connectivity index (χ4v) is 1.53. The van der Waals surface area contributed by atoms with Crippen LogP contribution in [0.3, 0.4) is 0 Å². The van der Waals surface area contributed by atoms with Crippen LogP contribution < -0.4 is 11.1 Å². The molecule has 0 aliphatic heterocycles. The van der Waals surface area contributed by atoms with Gasteiger partial charge in [0.05, 0.1) is 0 Å². The molecule has 0 aliphatic rings. The Morgan fingerprint density at radius 3 is 2.47 bits per heavy atom. The quantitative estimate of drug-likeness (QED) is 0.790. The molecule has 3 N–H and O–H groups in total. The molecule has 0 heterocycles. The van der Waals surface area contributed by atoms with Crippen molar-refractivity contribution < 1.29 is 4.79 Å². The molecule has 4 heteroatoms. The van der Waals surface area contributed by atoms with Crippen molar-refractivity contribution in [2.45, 2.75) is 26.7 Å². The first-order valence-electron chi connectivity index (χ1n) is 5.72. The summed E-state index contributed by atoms with van der Waals surface area (Å²) in [6, 6.07) is 7.23. The first-order chi connectivity index (χ1) is 8.02. The summed E-state index contributed by atoms with van der Waals surface area (Å²) in [7, 11) is 0. The number of benzene rings is 1. The normalized spacial score (nSPS) is 11.9. The molecular weight excluding hydrogens is 232 g/mol. The lowest BCUT2D eigenvalue weighted by Gasteiger charge is -2.09. The Morgan fingerprint density at radius 1 is 1.41 bits per heavy atom. The van der Waals surface area contributed by atoms with Crippen LogP contribution in [0, 0.1) is 5.92 Å². The molecular formula is C13H18N2OS. The predicted octanol–water partition coefficient (Wildman–Crippen LogP) is 2.70. The highest BCUT2D eigenvalue weighted by Gasteiger charge is 2.07. The number of nitrogens with two attached hydrogens (primary N) is 1. The van der Waals surface area contributed by atoms with E-state index in [4.69, 9.17) is 18.0 Å². The third-order valence-corrected chi connectivity index (χ3v) is 2.92. The van der Waals surface area contributed by atoms with Crippen LogP contribution in [0.1, 0.15) is 32.3 Å². The average Bonchev–Trinajstić information content (AvgIpc) is 2.29. The van der Waals surface area contributed by atoms with Crippen molar-refractivity contribution in [3.05, 3.63) is 29.8 Å². The highest BCUT2D eigenvalue weighted by atomic mass is 32.1. The lowest BCUT2D eigenvalue weighted by molar-refractivity contribution is -0.117. The van der Waals surface area contributed by atoms with Crippen molar-refractivity contribution in [2.24, 2.45) is 11.7 Å². The summed E-state index contributed by atoms with van der Waals surface area (Å²) in [4.78, 5) is 12.0. The number of amides is 1. The molecule has 0 fully saturated rings. The molecule has 0 saturated carbocycles. The van der Waals surface area contributed by atoms with E-state index in [1.807, 2.05) is 12.1 Å². The van der Waals surface area contributed by atoms with E-state index >= 15 is 0 Å². The standard InChI is InChI=1S/C13H18N2OS/c1-3-9(2)8-12(16)15-11-6-4-10(5-7-11)13(14)17/h4-7,9H,3,8H2,1-2H3,(H2,14,17)(H,15,16). The van der Waals surface area contributed by atoms with Crippen molar-refractivity contribution in [2.75, 3.05) is 5.32 Å².